The van der Waals surface area contributed by atoms with E-state index in [1.165, 1.54) is 5.56 Å². The number of nitrogens with zero attached hydrogens (tertiary/aromatic N) is 1. The maximum absolute atomic E-state index is 6.13. The van der Waals surface area contributed by atoms with Gasteiger partial charge in [-0.3, -0.25) is 0 Å². The summed E-state index contributed by atoms with van der Waals surface area (Å²) in [4.78, 5) is 4.36. The van der Waals surface area contributed by atoms with Crippen LogP contribution in [0.4, 0.5) is 0 Å². The van der Waals surface area contributed by atoms with Crippen LogP contribution in [0.3, 0.4) is 0 Å². The second kappa shape index (κ2) is 5.39. The van der Waals surface area contributed by atoms with Gasteiger partial charge in [-0.2, -0.15) is 0 Å². The Morgan fingerprint density at radius 1 is 1.39 bits per heavy atom. The van der Waals surface area contributed by atoms with E-state index >= 15 is 0 Å². The van der Waals surface area contributed by atoms with Gasteiger partial charge in [0.25, 0.3) is 0 Å². The standard InChI is InChI=1S/C14H17ClN2S/c1-10-4-5-11(8-12(10)15)9-17-14(2,3)13-16-6-7-18-13/h4-8,17H,9H2,1-3H3. The van der Waals surface area contributed by atoms with Crippen LogP contribution in [0.25, 0.3) is 0 Å². The van der Waals surface area contributed by atoms with Crippen molar-refractivity contribution in [2.24, 2.45) is 0 Å². The third-order valence-electron chi connectivity index (χ3n) is 2.94. The molecule has 0 aliphatic carbocycles. The Kier molecular flexibility index (Phi) is 4.05. The second-order valence-corrected chi connectivity index (χ2v) is 6.20. The van der Waals surface area contributed by atoms with E-state index in [2.05, 4.69) is 36.3 Å². The van der Waals surface area contributed by atoms with Crippen molar-refractivity contribution >= 4 is 22.9 Å². The van der Waals surface area contributed by atoms with Crippen LogP contribution in [-0.4, -0.2) is 4.98 Å². The molecule has 1 aromatic carbocycles. The molecule has 18 heavy (non-hydrogen) atoms. The van der Waals surface area contributed by atoms with Crippen LogP contribution in [0.1, 0.15) is 30.0 Å². The fraction of sp³-hybridized carbons (Fsp3) is 0.357. The van der Waals surface area contributed by atoms with Crippen molar-refractivity contribution < 1.29 is 0 Å². The van der Waals surface area contributed by atoms with Gasteiger partial charge < -0.3 is 5.32 Å². The summed E-state index contributed by atoms with van der Waals surface area (Å²) in [5.41, 5.74) is 2.18. The number of rotatable bonds is 4. The normalized spacial score (nSPS) is 11.8. The topological polar surface area (TPSA) is 24.9 Å². The summed E-state index contributed by atoms with van der Waals surface area (Å²) >= 11 is 7.80. The van der Waals surface area contributed by atoms with E-state index in [-0.39, 0.29) is 5.54 Å². The Hall–Kier alpha value is -0.900. The lowest BCUT2D eigenvalue weighted by Crippen LogP contribution is -2.35. The lowest BCUT2D eigenvalue weighted by molar-refractivity contribution is 0.399. The van der Waals surface area contributed by atoms with Crippen molar-refractivity contribution in [3.05, 3.63) is 50.9 Å². The first-order valence-electron chi connectivity index (χ1n) is 5.89. The maximum atomic E-state index is 6.13. The number of nitrogens with one attached hydrogen (secondary N) is 1. The first-order chi connectivity index (χ1) is 8.49. The molecule has 0 fully saturated rings. The number of benzene rings is 1. The average molecular weight is 281 g/mol. The number of aryl methyl sites for hydroxylation is 1. The third kappa shape index (κ3) is 3.10. The van der Waals surface area contributed by atoms with Gasteiger partial charge in [0.15, 0.2) is 0 Å². The summed E-state index contributed by atoms with van der Waals surface area (Å²) in [7, 11) is 0. The van der Waals surface area contributed by atoms with E-state index in [9.17, 15) is 0 Å². The molecule has 0 atom stereocenters. The van der Waals surface area contributed by atoms with Gasteiger partial charge in [-0.15, -0.1) is 11.3 Å². The van der Waals surface area contributed by atoms with Crippen molar-refractivity contribution in [2.45, 2.75) is 32.9 Å². The maximum Gasteiger partial charge on any atom is 0.112 e. The zero-order valence-electron chi connectivity index (χ0n) is 10.8. The number of aromatic nitrogens is 1. The third-order valence-corrected chi connectivity index (χ3v) is 4.44. The highest BCUT2D eigenvalue weighted by Gasteiger charge is 2.22. The van der Waals surface area contributed by atoms with Gasteiger partial charge >= 0.3 is 0 Å². The first kappa shape index (κ1) is 13.5. The molecule has 0 aliphatic rings. The molecule has 2 nitrogen and oxygen atoms in total. The Morgan fingerprint density at radius 2 is 2.17 bits per heavy atom. The summed E-state index contributed by atoms with van der Waals surface area (Å²) in [5.74, 6) is 0. The molecule has 2 rings (SSSR count). The lowest BCUT2D eigenvalue weighted by atomic mass is 10.1. The minimum absolute atomic E-state index is 0.120. The Bertz CT molecular complexity index is 521. The highest BCUT2D eigenvalue weighted by atomic mass is 35.5. The van der Waals surface area contributed by atoms with Gasteiger partial charge in [-0.25, -0.2) is 4.98 Å². The summed E-state index contributed by atoms with van der Waals surface area (Å²) in [6, 6.07) is 6.17. The minimum Gasteiger partial charge on any atom is -0.302 e. The van der Waals surface area contributed by atoms with E-state index in [1.54, 1.807) is 11.3 Å². The molecule has 0 aliphatic heterocycles. The summed E-state index contributed by atoms with van der Waals surface area (Å²) in [5, 5.41) is 7.43. The van der Waals surface area contributed by atoms with E-state index in [0.717, 1.165) is 22.1 Å². The number of hydrogen-bond acceptors (Lipinski definition) is 3. The van der Waals surface area contributed by atoms with E-state index in [1.807, 2.05) is 24.6 Å². The molecule has 0 bridgehead atoms. The zero-order chi connectivity index (χ0) is 13.2. The molecule has 1 aromatic heterocycles. The predicted molar refractivity (Wildman–Crippen MR) is 78.2 cm³/mol. The average Bonchev–Trinajstić information content (AvgIpc) is 2.85. The van der Waals surface area contributed by atoms with Gasteiger partial charge in [0.1, 0.15) is 5.01 Å². The SMILES string of the molecule is Cc1ccc(CNC(C)(C)c2nccs2)cc1Cl. The van der Waals surface area contributed by atoms with Crippen LogP contribution < -0.4 is 5.32 Å². The number of halogens is 1. The summed E-state index contributed by atoms with van der Waals surface area (Å²) in [6.45, 7) is 7.08. The highest BCUT2D eigenvalue weighted by molar-refractivity contribution is 7.09. The van der Waals surface area contributed by atoms with Gasteiger partial charge in [0.2, 0.25) is 0 Å². The molecule has 0 saturated carbocycles. The van der Waals surface area contributed by atoms with E-state index < -0.39 is 0 Å². The molecule has 1 heterocycles. The van der Waals surface area contributed by atoms with Crippen LogP contribution in [0.15, 0.2) is 29.8 Å². The van der Waals surface area contributed by atoms with E-state index in [4.69, 9.17) is 11.6 Å². The van der Waals surface area contributed by atoms with Gasteiger partial charge in [-0.05, 0) is 38.0 Å². The fourth-order valence-corrected chi connectivity index (χ4v) is 2.62. The zero-order valence-corrected chi connectivity index (χ0v) is 12.4. The summed E-state index contributed by atoms with van der Waals surface area (Å²) < 4.78 is 0. The van der Waals surface area contributed by atoms with Gasteiger partial charge in [-0.1, -0.05) is 23.7 Å². The summed E-state index contributed by atoms with van der Waals surface area (Å²) in [6.07, 6.45) is 1.84. The molecule has 0 spiro atoms. The van der Waals surface area contributed by atoms with Crippen LogP contribution in [0.5, 0.6) is 0 Å². The molecular weight excluding hydrogens is 264 g/mol. The lowest BCUT2D eigenvalue weighted by Gasteiger charge is -2.24. The number of hydrogen-bond donors (Lipinski definition) is 1. The van der Waals surface area contributed by atoms with Crippen molar-refractivity contribution in [2.75, 3.05) is 0 Å². The largest absolute Gasteiger partial charge is 0.302 e. The molecule has 96 valence electrons. The van der Waals surface area contributed by atoms with Crippen molar-refractivity contribution in [1.29, 1.82) is 0 Å². The van der Waals surface area contributed by atoms with Crippen molar-refractivity contribution in [1.82, 2.24) is 10.3 Å². The molecule has 1 N–H and O–H groups in total. The minimum atomic E-state index is -0.120. The van der Waals surface area contributed by atoms with Crippen molar-refractivity contribution in [3.8, 4) is 0 Å². The molecule has 4 heteroatoms. The van der Waals surface area contributed by atoms with Crippen LogP contribution >= 0.6 is 22.9 Å². The van der Waals surface area contributed by atoms with Gasteiger partial charge in [0.05, 0.1) is 5.54 Å². The molecule has 0 amide bonds. The molecule has 0 radical (unpaired) electrons. The quantitative estimate of drug-likeness (QED) is 0.911. The van der Waals surface area contributed by atoms with Gasteiger partial charge in [0, 0.05) is 23.1 Å². The smallest absolute Gasteiger partial charge is 0.112 e. The molecule has 2 aromatic rings. The monoisotopic (exact) mass is 280 g/mol. The fourth-order valence-electron chi connectivity index (χ4n) is 1.68. The molecular formula is C14H17ClN2S. The van der Waals surface area contributed by atoms with Crippen LogP contribution in [0, 0.1) is 6.92 Å². The Labute approximate surface area is 117 Å². The first-order valence-corrected chi connectivity index (χ1v) is 7.15. The second-order valence-electron chi connectivity index (χ2n) is 4.90. The van der Waals surface area contributed by atoms with Crippen LogP contribution in [-0.2, 0) is 12.1 Å². The molecule has 0 unspecified atom stereocenters. The van der Waals surface area contributed by atoms with Crippen LogP contribution in [0.2, 0.25) is 5.02 Å². The molecule has 0 saturated heterocycles. The predicted octanol–water partition coefficient (Wildman–Crippen LogP) is 4.13. The Morgan fingerprint density at radius 3 is 2.78 bits per heavy atom. The number of thiazole rings is 1. The van der Waals surface area contributed by atoms with Crippen molar-refractivity contribution in [3.63, 3.8) is 0 Å². The highest BCUT2D eigenvalue weighted by Crippen LogP contribution is 2.23. The van der Waals surface area contributed by atoms with E-state index in [0.29, 0.717) is 0 Å². The Balaban J connectivity index is 2.05.